The van der Waals surface area contributed by atoms with Crippen molar-refractivity contribution in [3.63, 3.8) is 0 Å². The highest BCUT2D eigenvalue weighted by atomic mass is 15.2. The molecule has 0 spiro atoms. The minimum atomic E-state index is 0.553. The molecule has 9 rings (SSSR count). The van der Waals surface area contributed by atoms with E-state index in [1.165, 1.54) is 0 Å². The molecule has 5 aromatic carbocycles. The maximum atomic E-state index is 5.06. The maximum Gasteiger partial charge on any atom is 0.238 e. The second-order valence-electron chi connectivity index (χ2n) is 11.1. The predicted octanol–water partition coefficient (Wildman–Crippen LogP) is 8.70. The summed E-state index contributed by atoms with van der Waals surface area (Å²) in [6.07, 6.45) is 3.51. The Kier molecular flexibility index (Phi) is 5.99. The van der Waals surface area contributed by atoms with Crippen molar-refractivity contribution >= 4 is 32.8 Å². The Balaban J connectivity index is 1.30. The van der Waals surface area contributed by atoms with Crippen LogP contribution in [-0.4, -0.2) is 34.1 Å². The molecule has 0 saturated carbocycles. The van der Waals surface area contributed by atoms with Crippen molar-refractivity contribution in [1.29, 1.82) is 0 Å². The quantitative estimate of drug-likeness (QED) is 0.200. The van der Waals surface area contributed by atoms with E-state index in [1.54, 1.807) is 12.4 Å². The Morgan fingerprint density at radius 1 is 0.413 bits per heavy atom. The molecule has 0 aliphatic heterocycles. The summed E-state index contributed by atoms with van der Waals surface area (Å²) in [6, 6.07) is 47.5. The number of benzene rings is 5. The monoisotopic (exact) mass is 591 g/mol. The summed E-state index contributed by atoms with van der Waals surface area (Å²) in [6.45, 7) is 0. The van der Waals surface area contributed by atoms with Gasteiger partial charge < -0.3 is 0 Å². The Morgan fingerprint density at radius 3 is 1.78 bits per heavy atom. The SMILES string of the molecule is c1ccc(-c2nc(-c3ccncc3)nc(-n3c4ccccc4c4cc(-n5c(-c6ccccc6)nc6ccccc65)ccc43)n2)cc1. The summed E-state index contributed by atoms with van der Waals surface area (Å²) >= 11 is 0. The summed E-state index contributed by atoms with van der Waals surface area (Å²) in [5.41, 5.74) is 7.90. The number of imidazole rings is 1. The van der Waals surface area contributed by atoms with Crippen molar-refractivity contribution < 1.29 is 0 Å². The van der Waals surface area contributed by atoms with Crippen LogP contribution < -0.4 is 0 Å². The lowest BCUT2D eigenvalue weighted by atomic mass is 10.1. The van der Waals surface area contributed by atoms with E-state index in [9.17, 15) is 0 Å². The molecule has 0 radical (unpaired) electrons. The van der Waals surface area contributed by atoms with Gasteiger partial charge in [-0.15, -0.1) is 0 Å². The molecule has 0 aliphatic rings. The van der Waals surface area contributed by atoms with E-state index in [0.29, 0.717) is 17.6 Å². The summed E-state index contributed by atoms with van der Waals surface area (Å²) < 4.78 is 4.38. The van der Waals surface area contributed by atoms with Gasteiger partial charge in [-0.2, -0.15) is 9.97 Å². The second-order valence-corrected chi connectivity index (χ2v) is 11.1. The van der Waals surface area contributed by atoms with E-state index in [0.717, 1.165) is 61.0 Å². The van der Waals surface area contributed by atoms with Gasteiger partial charge in [0.05, 0.1) is 22.1 Å². The van der Waals surface area contributed by atoms with E-state index in [-0.39, 0.29) is 0 Å². The van der Waals surface area contributed by atoms with Gasteiger partial charge in [-0.3, -0.25) is 14.1 Å². The fourth-order valence-electron chi connectivity index (χ4n) is 6.19. The van der Waals surface area contributed by atoms with E-state index in [1.807, 2.05) is 54.6 Å². The Bertz CT molecular complexity index is 2460. The summed E-state index contributed by atoms with van der Waals surface area (Å²) in [5.74, 6) is 2.65. The van der Waals surface area contributed by atoms with Crippen LogP contribution in [0.2, 0.25) is 0 Å². The van der Waals surface area contributed by atoms with Gasteiger partial charge >= 0.3 is 0 Å². The van der Waals surface area contributed by atoms with Gasteiger partial charge in [-0.1, -0.05) is 91.0 Å². The number of rotatable bonds is 5. The number of nitrogens with zero attached hydrogens (tertiary/aromatic N) is 7. The van der Waals surface area contributed by atoms with Crippen LogP contribution >= 0.6 is 0 Å². The van der Waals surface area contributed by atoms with Crippen LogP contribution in [0.25, 0.3) is 78.6 Å². The van der Waals surface area contributed by atoms with Gasteiger partial charge in [0.2, 0.25) is 5.95 Å². The maximum absolute atomic E-state index is 5.06. The Hall–Kier alpha value is -6.47. The first-order chi connectivity index (χ1) is 22.8. The third-order valence-corrected chi connectivity index (χ3v) is 8.30. The van der Waals surface area contributed by atoms with Crippen molar-refractivity contribution in [3.05, 3.63) is 152 Å². The van der Waals surface area contributed by atoms with Gasteiger partial charge in [0.25, 0.3) is 0 Å². The van der Waals surface area contributed by atoms with E-state index >= 15 is 0 Å². The second kappa shape index (κ2) is 10.6. The van der Waals surface area contributed by atoms with Gasteiger partial charge in [-0.25, -0.2) is 9.97 Å². The van der Waals surface area contributed by atoms with Crippen molar-refractivity contribution in [2.45, 2.75) is 0 Å². The standard InChI is InChI=1S/C39H25N7/c1-3-11-26(12-4-1)36-42-37(27-21-23-40-24-22-27)44-39(43-36)46-33-17-9-7-15-30(33)31-25-29(19-20-34(31)46)45-35-18-10-8-16-32(35)41-38(45)28-13-5-2-6-14-28/h1-25H. The molecule has 0 fully saturated rings. The molecule has 9 aromatic rings. The topological polar surface area (TPSA) is 74.3 Å². The van der Waals surface area contributed by atoms with Crippen LogP contribution in [0.4, 0.5) is 0 Å². The number of para-hydroxylation sites is 3. The number of pyridine rings is 1. The summed E-state index contributed by atoms with van der Waals surface area (Å²) in [7, 11) is 0. The van der Waals surface area contributed by atoms with E-state index in [4.69, 9.17) is 19.9 Å². The van der Waals surface area contributed by atoms with Crippen LogP contribution in [0, 0.1) is 0 Å². The molecule has 0 saturated heterocycles. The zero-order valence-corrected chi connectivity index (χ0v) is 24.6. The summed E-state index contributed by atoms with van der Waals surface area (Å²) in [4.78, 5) is 24.2. The summed E-state index contributed by atoms with van der Waals surface area (Å²) in [5, 5.41) is 2.20. The average Bonchev–Trinajstić information content (AvgIpc) is 3.69. The van der Waals surface area contributed by atoms with Crippen LogP contribution in [0.15, 0.2) is 152 Å². The third kappa shape index (κ3) is 4.25. The molecule has 216 valence electrons. The smallest absolute Gasteiger partial charge is 0.238 e. The first-order valence-electron chi connectivity index (χ1n) is 15.1. The van der Waals surface area contributed by atoms with Crippen LogP contribution in [0.1, 0.15) is 0 Å². The highest BCUT2D eigenvalue weighted by Gasteiger charge is 2.20. The molecule has 0 unspecified atom stereocenters. The van der Waals surface area contributed by atoms with Crippen molar-refractivity contribution in [2.75, 3.05) is 0 Å². The van der Waals surface area contributed by atoms with Gasteiger partial charge in [0, 0.05) is 45.5 Å². The Morgan fingerprint density at radius 2 is 1.02 bits per heavy atom. The van der Waals surface area contributed by atoms with Crippen molar-refractivity contribution in [2.24, 2.45) is 0 Å². The molecule has 0 atom stereocenters. The van der Waals surface area contributed by atoms with E-state index in [2.05, 4.69) is 99.0 Å². The first kappa shape index (κ1) is 26.0. The number of aromatic nitrogens is 7. The number of hydrogen-bond donors (Lipinski definition) is 0. The molecule has 0 aliphatic carbocycles. The van der Waals surface area contributed by atoms with Crippen molar-refractivity contribution in [3.8, 4) is 45.8 Å². The lowest BCUT2D eigenvalue weighted by Gasteiger charge is -2.12. The molecule has 4 aromatic heterocycles. The lowest BCUT2D eigenvalue weighted by molar-refractivity contribution is 0.952. The van der Waals surface area contributed by atoms with E-state index < -0.39 is 0 Å². The average molecular weight is 592 g/mol. The third-order valence-electron chi connectivity index (χ3n) is 8.30. The molecule has 0 amide bonds. The molecular formula is C39H25N7. The predicted molar refractivity (Wildman–Crippen MR) is 183 cm³/mol. The van der Waals surface area contributed by atoms with Crippen LogP contribution in [0.5, 0.6) is 0 Å². The minimum absolute atomic E-state index is 0.553. The van der Waals surface area contributed by atoms with Crippen LogP contribution in [0.3, 0.4) is 0 Å². The van der Waals surface area contributed by atoms with Crippen LogP contribution in [-0.2, 0) is 0 Å². The number of hydrogen-bond acceptors (Lipinski definition) is 5. The zero-order chi connectivity index (χ0) is 30.5. The van der Waals surface area contributed by atoms with Gasteiger partial charge in [-0.05, 0) is 48.5 Å². The molecule has 7 nitrogen and oxygen atoms in total. The van der Waals surface area contributed by atoms with Gasteiger partial charge in [0.1, 0.15) is 5.82 Å². The molecule has 4 heterocycles. The Labute approximate surface area is 264 Å². The lowest BCUT2D eigenvalue weighted by Crippen LogP contribution is -2.06. The normalized spacial score (nSPS) is 11.5. The highest BCUT2D eigenvalue weighted by Crippen LogP contribution is 2.36. The van der Waals surface area contributed by atoms with Gasteiger partial charge in [0.15, 0.2) is 11.6 Å². The molecule has 0 N–H and O–H groups in total. The molecule has 0 bridgehead atoms. The molecule has 46 heavy (non-hydrogen) atoms. The largest absolute Gasteiger partial charge is 0.292 e. The zero-order valence-electron chi connectivity index (χ0n) is 24.6. The fourth-order valence-corrected chi connectivity index (χ4v) is 6.19. The molecule has 7 heteroatoms. The number of fused-ring (bicyclic) bond motifs is 4. The fraction of sp³-hybridized carbons (Fsp3) is 0. The first-order valence-corrected chi connectivity index (χ1v) is 15.1. The van der Waals surface area contributed by atoms with Crippen molar-refractivity contribution in [1.82, 2.24) is 34.1 Å². The highest BCUT2D eigenvalue weighted by molar-refractivity contribution is 6.10. The molecular weight excluding hydrogens is 566 g/mol. The minimum Gasteiger partial charge on any atom is -0.292 e.